The van der Waals surface area contributed by atoms with Gasteiger partial charge in [-0.1, -0.05) is 31.2 Å². The standard InChI is InChI=1S/C34H43N3O3/c1-5-21-7-6-8-22(17-21)11-14-30(39)36(4)26-13-12-25-28-18-24-27(35(2)3)19-29(38)32-31(24)34(25,33(26)40-32)15-16-37(28)20-23-9-10-23/h6-8,11,14,17,19,23,25-26,28,33,38H,5,9-10,12-13,15-16,18,20H2,1-4H3/t25-,26-,28+,33-,34-/m0/s1. The molecule has 2 bridgehead atoms. The summed E-state index contributed by atoms with van der Waals surface area (Å²) >= 11 is 0. The molecule has 3 aliphatic carbocycles. The first-order valence-corrected chi connectivity index (χ1v) is 15.3. The maximum absolute atomic E-state index is 13.6. The monoisotopic (exact) mass is 541 g/mol. The summed E-state index contributed by atoms with van der Waals surface area (Å²) in [6, 6.07) is 10.7. The molecule has 0 aromatic heterocycles. The van der Waals surface area contributed by atoms with Crippen LogP contribution < -0.4 is 9.64 Å². The molecule has 2 aromatic rings. The average molecular weight is 542 g/mol. The molecule has 3 fully saturated rings. The molecule has 5 atom stereocenters. The normalized spacial score (nSPS) is 30.2. The van der Waals surface area contributed by atoms with Gasteiger partial charge in [-0.3, -0.25) is 9.69 Å². The third-order valence-corrected chi connectivity index (χ3v) is 10.8. The van der Waals surface area contributed by atoms with E-state index in [9.17, 15) is 9.90 Å². The summed E-state index contributed by atoms with van der Waals surface area (Å²) in [6.45, 7) is 4.43. The van der Waals surface area contributed by atoms with Gasteiger partial charge in [-0.05, 0) is 86.1 Å². The van der Waals surface area contributed by atoms with Crippen LogP contribution in [0.2, 0.25) is 0 Å². The second kappa shape index (κ2) is 9.54. The number of nitrogens with zero attached hydrogens (tertiary/aromatic N) is 3. The van der Waals surface area contributed by atoms with E-state index in [1.807, 2.05) is 30.2 Å². The number of aromatic hydroxyl groups is 1. The van der Waals surface area contributed by atoms with E-state index in [1.165, 1.54) is 36.1 Å². The van der Waals surface area contributed by atoms with Crippen molar-refractivity contribution in [3.8, 4) is 11.5 Å². The van der Waals surface area contributed by atoms with Crippen LogP contribution >= 0.6 is 0 Å². The summed E-state index contributed by atoms with van der Waals surface area (Å²) in [5, 5.41) is 11.2. The Morgan fingerprint density at radius 3 is 2.75 bits per heavy atom. The Labute approximate surface area is 238 Å². The molecule has 0 radical (unpaired) electrons. The van der Waals surface area contributed by atoms with Crippen molar-refractivity contribution in [1.29, 1.82) is 0 Å². The maximum Gasteiger partial charge on any atom is 0.246 e. The number of ether oxygens (including phenoxy) is 1. The molecule has 2 aromatic carbocycles. The van der Waals surface area contributed by atoms with E-state index in [-0.39, 0.29) is 29.2 Å². The van der Waals surface area contributed by atoms with Gasteiger partial charge in [0.15, 0.2) is 11.5 Å². The van der Waals surface area contributed by atoms with Gasteiger partial charge < -0.3 is 19.6 Å². The number of carbonyl (C=O) groups is 1. The molecule has 5 aliphatic rings. The molecule has 2 aliphatic heterocycles. The van der Waals surface area contributed by atoms with Crippen LogP contribution in [0.1, 0.15) is 61.3 Å². The van der Waals surface area contributed by atoms with Crippen LogP contribution in [-0.2, 0) is 23.1 Å². The third-order valence-electron chi connectivity index (χ3n) is 10.8. The minimum absolute atomic E-state index is 0.0123. The smallest absolute Gasteiger partial charge is 0.246 e. The lowest BCUT2D eigenvalue weighted by atomic mass is 9.50. The van der Waals surface area contributed by atoms with Crippen LogP contribution in [0.5, 0.6) is 11.5 Å². The van der Waals surface area contributed by atoms with E-state index in [0.29, 0.717) is 17.7 Å². The number of rotatable bonds is 7. The molecule has 1 spiro atoms. The first-order chi connectivity index (χ1) is 19.3. The zero-order chi connectivity index (χ0) is 27.8. The van der Waals surface area contributed by atoms with E-state index in [4.69, 9.17) is 4.74 Å². The van der Waals surface area contributed by atoms with Crippen molar-refractivity contribution in [2.45, 2.75) is 75.5 Å². The van der Waals surface area contributed by atoms with Gasteiger partial charge in [0.25, 0.3) is 0 Å². The predicted molar refractivity (Wildman–Crippen MR) is 159 cm³/mol. The van der Waals surface area contributed by atoms with E-state index in [1.54, 1.807) is 6.08 Å². The highest BCUT2D eigenvalue weighted by Gasteiger charge is 2.67. The van der Waals surface area contributed by atoms with Gasteiger partial charge in [0.05, 0.1) is 6.04 Å². The van der Waals surface area contributed by atoms with Crippen LogP contribution in [0.4, 0.5) is 5.69 Å². The van der Waals surface area contributed by atoms with Gasteiger partial charge in [-0.2, -0.15) is 0 Å². The Balaban J connectivity index is 1.25. The minimum atomic E-state index is -0.159. The van der Waals surface area contributed by atoms with Gasteiger partial charge in [-0.25, -0.2) is 0 Å². The molecular weight excluding hydrogens is 498 g/mol. The summed E-state index contributed by atoms with van der Waals surface area (Å²) in [5.74, 6) is 2.29. The molecule has 1 amide bonds. The predicted octanol–water partition coefficient (Wildman–Crippen LogP) is 5.01. The topological polar surface area (TPSA) is 56.2 Å². The van der Waals surface area contributed by atoms with Crippen LogP contribution in [0, 0.1) is 11.8 Å². The fourth-order valence-corrected chi connectivity index (χ4v) is 8.68. The van der Waals surface area contributed by atoms with Gasteiger partial charge in [-0.15, -0.1) is 0 Å². The van der Waals surface area contributed by atoms with E-state index in [0.717, 1.165) is 55.8 Å². The van der Waals surface area contributed by atoms with Crippen molar-refractivity contribution < 1.29 is 14.6 Å². The van der Waals surface area contributed by atoms with Crippen molar-refractivity contribution in [2.24, 2.45) is 11.8 Å². The van der Waals surface area contributed by atoms with Gasteiger partial charge in [0.2, 0.25) is 5.91 Å². The molecule has 6 nitrogen and oxygen atoms in total. The number of piperidine rings is 1. The summed E-state index contributed by atoms with van der Waals surface area (Å²) in [4.78, 5) is 20.4. The molecule has 212 valence electrons. The Kier molecular flexibility index (Phi) is 6.19. The number of phenols is 1. The number of phenolic OH excluding ortho intramolecular Hbond substituents is 1. The number of aryl methyl sites for hydroxylation is 1. The molecular formula is C34H43N3O3. The molecule has 0 unspecified atom stereocenters. The lowest BCUT2D eigenvalue weighted by Gasteiger charge is -2.60. The lowest BCUT2D eigenvalue weighted by Crippen LogP contribution is -2.69. The van der Waals surface area contributed by atoms with Crippen molar-refractivity contribution >= 4 is 17.7 Å². The molecule has 2 heterocycles. The third kappa shape index (κ3) is 3.89. The highest BCUT2D eigenvalue weighted by molar-refractivity contribution is 5.92. The fourth-order valence-electron chi connectivity index (χ4n) is 8.68. The van der Waals surface area contributed by atoms with Gasteiger partial charge in [0, 0.05) is 62.5 Å². The maximum atomic E-state index is 13.6. The second-order valence-electron chi connectivity index (χ2n) is 13.2. The molecule has 2 saturated carbocycles. The summed E-state index contributed by atoms with van der Waals surface area (Å²) < 4.78 is 6.84. The Morgan fingerprint density at radius 2 is 2.00 bits per heavy atom. The van der Waals surface area contributed by atoms with Crippen molar-refractivity contribution in [3.05, 3.63) is 58.7 Å². The lowest BCUT2D eigenvalue weighted by molar-refractivity contribution is -0.135. The number of likely N-dealkylation sites (N-methyl/N-ethyl adjacent to an activating group) is 1. The summed E-state index contributed by atoms with van der Waals surface area (Å²) in [5.41, 5.74) is 5.88. The first-order valence-electron chi connectivity index (χ1n) is 15.3. The van der Waals surface area contributed by atoms with Crippen LogP contribution in [0.25, 0.3) is 6.08 Å². The Hall–Kier alpha value is -2.99. The number of likely N-dealkylation sites (tertiary alicyclic amines) is 1. The number of hydrogen-bond acceptors (Lipinski definition) is 5. The molecule has 6 heteroatoms. The van der Waals surface area contributed by atoms with E-state index >= 15 is 0 Å². The zero-order valence-electron chi connectivity index (χ0n) is 24.4. The highest BCUT2D eigenvalue weighted by Crippen LogP contribution is 2.65. The second-order valence-corrected chi connectivity index (χ2v) is 13.2. The molecule has 40 heavy (non-hydrogen) atoms. The number of anilines is 1. The largest absolute Gasteiger partial charge is 0.504 e. The molecule has 1 saturated heterocycles. The fraction of sp³-hybridized carbons (Fsp3) is 0.559. The summed E-state index contributed by atoms with van der Waals surface area (Å²) in [6.07, 6.45) is 11.3. The quantitative estimate of drug-likeness (QED) is 0.500. The van der Waals surface area contributed by atoms with Crippen molar-refractivity contribution in [3.63, 3.8) is 0 Å². The first kappa shape index (κ1) is 25.9. The molecule has 1 N–H and O–H groups in total. The highest BCUT2D eigenvalue weighted by atomic mass is 16.5. The summed E-state index contributed by atoms with van der Waals surface area (Å²) in [7, 11) is 6.09. The van der Waals surface area contributed by atoms with Gasteiger partial charge >= 0.3 is 0 Å². The SMILES string of the molecule is CCc1cccc(C=CC(=O)N(C)[C@H]2CC[C@H]3[C@H]4Cc5c(N(C)C)cc(O)c6c5[C@@]3(CCN4CC3CC3)[C@H]2O6)c1. The Morgan fingerprint density at radius 1 is 1.18 bits per heavy atom. The van der Waals surface area contributed by atoms with Crippen LogP contribution in [0.15, 0.2) is 36.4 Å². The number of hydrogen-bond donors (Lipinski definition) is 1. The zero-order valence-corrected chi connectivity index (χ0v) is 24.4. The average Bonchev–Trinajstić information content (AvgIpc) is 3.71. The Bertz CT molecular complexity index is 1360. The number of amides is 1. The van der Waals surface area contributed by atoms with Gasteiger partial charge in [0.1, 0.15) is 6.10 Å². The minimum Gasteiger partial charge on any atom is -0.504 e. The van der Waals surface area contributed by atoms with Crippen molar-refractivity contribution in [1.82, 2.24) is 9.80 Å². The molecule has 7 rings (SSSR count). The van der Waals surface area contributed by atoms with E-state index < -0.39 is 0 Å². The van der Waals surface area contributed by atoms with E-state index in [2.05, 4.69) is 49.0 Å². The van der Waals surface area contributed by atoms with Crippen LogP contribution in [0.3, 0.4) is 0 Å². The van der Waals surface area contributed by atoms with Crippen molar-refractivity contribution in [2.75, 3.05) is 39.1 Å². The number of carbonyl (C=O) groups excluding carboxylic acids is 1. The number of benzene rings is 2. The van der Waals surface area contributed by atoms with Crippen LogP contribution in [-0.4, -0.2) is 73.2 Å².